The fourth-order valence-corrected chi connectivity index (χ4v) is 0.943. The summed E-state index contributed by atoms with van der Waals surface area (Å²) in [5.41, 5.74) is 0.0467. The van der Waals surface area contributed by atoms with E-state index in [1.165, 1.54) is 13.1 Å². The highest BCUT2D eigenvalue weighted by molar-refractivity contribution is 7.78. The molecular weight excluding hydrogens is 152 g/mol. The molecule has 0 aromatic carbocycles. The molecule has 0 heterocycles. The second kappa shape index (κ2) is 4.05. The molecule has 4 nitrogen and oxygen atoms in total. The minimum Gasteiger partial charge on any atom is -0.393 e. The summed E-state index contributed by atoms with van der Waals surface area (Å²) in [5, 5.41) is 9.54. The molecule has 0 unspecified atom stereocenters. The Balaban J connectivity index is 4.59. The Hall–Kier alpha value is -0.840. The van der Waals surface area contributed by atoms with Crippen LogP contribution in [-0.2, 0) is 10.7 Å². The molecule has 58 valence electrons. The van der Waals surface area contributed by atoms with Crippen molar-refractivity contribution in [2.45, 2.75) is 6.92 Å². The monoisotopic (exact) mass is 162 g/mol. The third-order valence-electron chi connectivity index (χ3n) is 0.862. The van der Waals surface area contributed by atoms with Crippen LogP contribution in [0, 0.1) is 5.41 Å². The molecule has 0 aromatic heterocycles. The Morgan fingerprint density at radius 2 is 2.10 bits per heavy atom. The van der Waals surface area contributed by atoms with Crippen molar-refractivity contribution in [1.82, 2.24) is 5.32 Å². The number of allylic oxidation sites excluding steroid dienone is 1. The molecule has 0 rings (SSSR count). The molecule has 0 saturated heterocycles. The molecule has 0 aliphatic carbocycles. The lowest BCUT2D eigenvalue weighted by molar-refractivity contribution is 0.620. The minimum absolute atomic E-state index is 0.0255. The van der Waals surface area contributed by atoms with Crippen LogP contribution in [0.15, 0.2) is 11.1 Å². The second-order valence-electron chi connectivity index (χ2n) is 1.70. The van der Waals surface area contributed by atoms with Gasteiger partial charge in [-0.25, -0.2) is 8.42 Å². The molecule has 5 heteroatoms. The molecule has 0 amide bonds. The smallest absolute Gasteiger partial charge is 0.171 e. The van der Waals surface area contributed by atoms with Crippen LogP contribution in [0.2, 0.25) is 0 Å². The van der Waals surface area contributed by atoms with Gasteiger partial charge in [-0.3, -0.25) is 0 Å². The first-order valence-electron chi connectivity index (χ1n) is 2.67. The summed E-state index contributed by atoms with van der Waals surface area (Å²) in [4.78, 5) is 0.0255. The molecule has 0 aliphatic heterocycles. The molecular formula is C5H10N2O2S. The molecule has 0 radical (unpaired) electrons. The fourth-order valence-electron chi connectivity index (χ4n) is 0.435. The first kappa shape index (κ1) is 9.16. The lowest BCUT2D eigenvalue weighted by Crippen LogP contribution is -2.03. The van der Waals surface area contributed by atoms with Crippen LogP contribution in [0.4, 0.5) is 0 Å². The SMILES string of the molecule is CN/C=C(\C(C)=N)[SH](=O)=O. The maximum absolute atomic E-state index is 10.3. The van der Waals surface area contributed by atoms with Crippen molar-refractivity contribution < 1.29 is 8.42 Å². The Morgan fingerprint density at radius 3 is 2.20 bits per heavy atom. The third-order valence-corrected chi connectivity index (χ3v) is 1.72. The van der Waals surface area contributed by atoms with Crippen molar-refractivity contribution in [2.24, 2.45) is 0 Å². The summed E-state index contributed by atoms with van der Waals surface area (Å²) in [5.74, 6) is 0. The van der Waals surface area contributed by atoms with Gasteiger partial charge in [0.05, 0.1) is 0 Å². The zero-order chi connectivity index (χ0) is 8.15. The van der Waals surface area contributed by atoms with Gasteiger partial charge in [0, 0.05) is 19.0 Å². The second-order valence-corrected chi connectivity index (χ2v) is 2.70. The van der Waals surface area contributed by atoms with Crippen molar-refractivity contribution in [3.8, 4) is 0 Å². The Morgan fingerprint density at radius 1 is 1.60 bits per heavy atom. The predicted molar refractivity (Wildman–Crippen MR) is 40.9 cm³/mol. The first-order valence-corrected chi connectivity index (χ1v) is 3.84. The van der Waals surface area contributed by atoms with Crippen LogP contribution in [-0.4, -0.2) is 21.2 Å². The number of hydrogen-bond acceptors (Lipinski definition) is 4. The summed E-state index contributed by atoms with van der Waals surface area (Å²) in [6.07, 6.45) is 1.29. The molecule has 0 aromatic rings. The quantitative estimate of drug-likeness (QED) is 0.394. The van der Waals surface area contributed by atoms with Crippen molar-refractivity contribution in [2.75, 3.05) is 7.05 Å². The van der Waals surface area contributed by atoms with E-state index in [0.717, 1.165) is 0 Å². The lowest BCUT2D eigenvalue weighted by Gasteiger charge is -1.93. The van der Waals surface area contributed by atoms with E-state index in [-0.39, 0.29) is 10.6 Å². The highest BCUT2D eigenvalue weighted by atomic mass is 32.2. The van der Waals surface area contributed by atoms with Gasteiger partial charge in [-0.15, -0.1) is 0 Å². The third kappa shape index (κ3) is 2.63. The molecule has 0 saturated carbocycles. The predicted octanol–water partition coefficient (Wildman–Crippen LogP) is -0.302. The van der Waals surface area contributed by atoms with E-state index in [0.29, 0.717) is 0 Å². The Labute approximate surface area is 61.4 Å². The van der Waals surface area contributed by atoms with Gasteiger partial charge >= 0.3 is 0 Å². The van der Waals surface area contributed by atoms with Crippen molar-refractivity contribution in [1.29, 1.82) is 5.41 Å². The van der Waals surface area contributed by atoms with Gasteiger partial charge in [0.15, 0.2) is 10.7 Å². The van der Waals surface area contributed by atoms with Crippen LogP contribution in [0.25, 0.3) is 0 Å². The van der Waals surface area contributed by atoms with E-state index in [4.69, 9.17) is 5.41 Å². The van der Waals surface area contributed by atoms with Crippen molar-refractivity contribution >= 4 is 16.4 Å². The number of rotatable bonds is 3. The largest absolute Gasteiger partial charge is 0.393 e. The van der Waals surface area contributed by atoms with E-state index in [2.05, 4.69) is 5.32 Å². The van der Waals surface area contributed by atoms with Gasteiger partial charge in [0.2, 0.25) is 0 Å². The standard InChI is InChI=1S/C5H10N2O2S/c1-4(6)5(3-7-2)10(8)9/h3,6-7,10H,1-2H3/b5-3+,6-4?. The van der Waals surface area contributed by atoms with E-state index >= 15 is 0 Å². The van der Waals surface area contributed by atoms with Gasteiger partial charge in [-0.2, -0.15) is 0 Å². The van der Waals surface area contributed by atoms with E-state index in [1.807, 2.05) is 0 Å². The van der Waals surface area contributed by atoms with Gasteiger partial charge in [-0.1, -0.05) is 0 Å². The Kier molecular flexibility index (Phi) is 3.71. The molecule has 0 bridgehead atoms. The molecule has 2 N–H and O–H groups in total. The highest BCUT2D eigenvalue weighted by Crippen LogP contribution is 1.93. The van der Waals surface area contributed by atoms with Crippen LogP contribution < -0.4 is 5.32 Å². The van der Waals surface area contributed by atoms with Crippen LogP contribution in [0.1, 0.15) is 6.92 Å². The zero-order valence-electron chi connectivity index (χ0n) is 5.84. The van der Waals surface area contributed by atoms with Gasteiger partial charge in [0.25, 0.3) is 0 Å². The summed E-state index contributed by atoms with van der Waals surface area (Å²) in [6.45, 7) is 1.42. The zero-order valence-corrected chi connectivity index (χ0v) is 6.74. The fraction of sp³-hybridized carbons (Fsp3) is 0.400. The van der Waals surface area contributed by atoms with E-state index in [9.17, 15) is 8.42 Å². The first-order chi connectivity index (χ1) is 4.59. The maximum Gasteiger partial charge on any atom is 0.171 e. The molecule has 0 fully saturated rings. The van der Waals surface area contributed by atoms with Crippen molar-refractivity contribution in [3.63, 3.8) is 0 Å². The van der Waals surface area contributed by atoms with E-state index < -0.39 is 10.7 Å². The summed E-state index contributed by atoms with van der Waals surface area (Å²) < 4.78 is 20.6. The van der Waals surface area contributed by atoms with Crippen LogP contribution in [0.3, 0.4) is 0 Å². The average molecular weight is 162 g/mol. The maximum atomic E-state index is 10.3. The summed E-state index contributed by atoms with van der Waals surface area (Å²) >= 11 is 0. The summed E-state index contributed by atoms with van der Waals surface area (Å²) in [7, 11) is -1.05. The van der Waals surface area contributed by atoms with Crippen LogP contribution >= 0.6 is 0 Å². The van der Waals surface area contributed by atoms with E-state index in [1.54, 1.807) is 7.05 Å². The number of hydrogen-bond donors (Lipinski definition) is 3. The number of nitrogens with one attached hydrogen (secondary N) is 2. The topological polar surface area (TPSA) is 70.0 Å². The normalized spacial score (nSPS) is 11.7. The van der Waals surface area contributed by atoms with Gasteiger partial charge in [0.1, 0.15) is 4.91 Å². The molecule has 0 aliphatic rings. The molecule has 0 atom stereocenters. The average Bonchev–Trinajstić information content (AvgIpc) is 1.81. The van der Waals surface area contributed by atoms with Gasteiger partial charge in [-0.05, 0) is 6.92 Å². The lowest BCUT2D eigenvalue weighted by atomic mass is 10.4. The summed E-state index contributed by atoms with van der Waals surface area (Å²) in [6, 6.07) is 0. The Bertz CT molecular complexity index is 222. The highest BCUT2D eigenvalue weighted by Gasteiger charge is 2.00. The van der Waals surface area contributed by atoms with Crippen LogP contribution in [0.5, 0.6) is 0 Å². The van der Waals surface area contributed by atoms with Gasteiger partial charge < -0.3 is 10.7 Å². The number of thiol groups is 1. The minimum atomic E-state index is -2.64. The molecule has 0 spiro atoms. The van der Waals surface area contributed by atoms with Crippen molar-refractivity contribution in [3.05, 3.63) is 11.1 Å². The molecule has 10 heavy (non-hydrogen) atoms.